The van der Waals surface area contributed by atoms with E-state index in [2.05, 4.69) is 14.3 Å². The van der Waals surface area contributed by atoms with Gasteiger partial charge in [-0.1, -0.05) is 0 Å². The van der Waals surface area contributed by atoms with Crippen LogP contribution in [-0.4, -0.2) is 28.5 Å². The fourth-order valence-corrected chi connectivity index (χ4v) is 2.32. The summed E-state index contributed by atoms with van der Waals surface area (Å²) in [4.78, 5) is 6.63. The zero-order valence-electron chi connectivity index (χ0n) is 8.22. The van der Waals surface area contributed by atoms with Crippen LogP contribution in [0.5, 0.6) is 0 Å². The summed E-state index contributed by atoms with van der Waals surface area (Å²) >= 11 is 1.48. The molecule has 1 fully saturated rings. The van der Waals surface area contributed by atoms with Crippen LogP contribution in [0.15, 0.2) is 6.33 Å². The van der Waals surface area contributed by atoms with Gasteiger partial charge >= 0.3 is 0 Å². The Hall–Kier alpha value is -0.680. The first-order chi connectivity index (χ1) is 6.92. The van der Waals surface area contributed by atoms with Crippen LogP contribution in [0, 0.1) is 0 Å². The minimum Gasteiger partial charge on any atom is -0.344 e. The van der Waals surface area contributed by atoms with Crippen molar-refractivity contribution >= 4 is 16.7 Å². The van der Waals surface area contributed by atoms with E-state index in [0.717, 1.165) is 24.6 Å². The highest BCUT2D eigenvalue weighted by molar-refractivity contribution is 7.09. The molecule has 1 aromatic rings. The van der Waals surface area contributed by atoms with Crippen LogP contribution in [0.4, 0.5) is 5.13 Å². The molecule has 1 aliphatic carbocycles. The van der Waals surface area contributed by atoms with E-state index in [0.29, 0.717) is 6.04 Å². The van der Waals surface area contributed by atoms with Gasteiger partial charge in [0.05, 0.1) is 0 Å². The first kappa shape index (κ1) is 9.86. The lowest BCUT2D eigenvalue weighted by Gasteiger charge is -2.37. The number of anilines is 1. The number of aromatic nitrogens is 2. The lowest BCUT2D eigenvalue weighted by Crippen LogP contribution is -2.41. The van der Waals surface area contributed by atoms with Gasteiger partial charge in [0.1, 0.15) is 6.33 Å². The van der Waals surface area contributed by atoms with E-state index in [1.54, 1.807) is 6.33 Å². The summed E-state index contributed by atoms with van der Waals surface area (Å²) in [5.41, 5.74) is 5.53. The van der Waals surface area contributed by atoms with Crippen LogP contribution < -0.4 is 10.6 Å². The number of nitrogens with zero attached hydrogens (tertiary/aromatic N) is 3. The fraction of sp³-hybridized carbons (Fsp3) is 0.778. The first-order valence-electron chi connectivity index (χ1n) is 5.15. The molecule has 0 unspecified atom stereocenters. The maximum absolute atomic E-state index is 5.53. The lowest BCUT2D eigenvalue weighted by molar-refractivity contribution is 0.384. The lowest BCUT2D eigenvalue weighted by atomic mass is 9.92. The molecule has 78 valence electrons. The van der Waals surface area contributed by atoms with Gasteiger partial charge in [-0.25, -0.2) is 4.98 Å². The Morgan fingerprint density at radius 1 is 1.57 bits per heavy atom. The third-order valence-electron chi connectivity index (χ3n) is 2.71. The Kier molecular flexibility index (Phi) is 3.31. The van der Waals surface area contributed by atoms with E-state index < -0.39 is 0 Å². The molecule has 1 aromatic heterocycles. The number of hydrogen-bond acceptors (Lipinski definition) is 5. The van der Waals surface area contributed by atoms with Crippen molar-refractivity contribution < 1.29 is 0 Å². The Labute approximate surface area is 88.3 Å². The summed E-state index contributed by atoms with van der Waals surface area (Å²) in [5, 5.41) is 1.06. The van der Waals surface area contributed by atoms with Gasteiger partial charge in [-0.3, -0.25) is 0 Å². The van der Waals surface area contributed by atoms with Crippen LogP contribution in [-0.2, 0) is 0 Å². The van der Waals surface area contributed by atoms with Crippen molar-refractivity contribution in [2.45, 2.75) is 31.7 Å². The van der Waals surface area contributed by atoms with Crippen molar-refractivity contribution in [3.8, 4) is 0 Å². The summed E-state index contributed by atoms with van der Waals surface area (Å²) in [6, 6.07) is 0.689. The third kappa shape index (κ3) is 2.04. The van der Waals surface area contributed by atoms with E-state index in [1.165, 1.54) is 30.8 Å². The van der Waals surface area contributed by atoms with Crippen LogP contribution in [0.1, 0.15) is 25.7 Å². The van der Waals surface area contributed by atoms with E-state index in [-0.39, 0.29) is 0 Å². The zero-order valence-corrected chi connectivity index (χ0v) is 9.04. The molecule has 1 saturated carbocycles. The molecule has 5 heteroatoms. The molecule has 0 saturated heterocycles. The van der Waals surface area contributed by atoms with Crippen molar-refractivity contribution in [3.05, 3.63) is 6.33 Å². The second kappa shape index (κ2) is 4.70. The van der Waals surface area contributed by atoms with Crippen molar-refractivity contribution in [2.75, 3.05) is 18.0 Å². The summed E-state index contributed by atoms with van der Waals surface area (Å²) in [6.45, 7) is 1.78. The number of rotatable bonds is 5. The van der Waals surface area contributed by atoms with Gasteiger partial charge in [0.15, 0.2) is 0 Å². The standard InChI is InChI=1S/C9H16N4S/c10-5-2-6-13(8-3-1-4-8)9-11-7-12-14-9/h7-8H,1-6,10H2. The molecular formula is C9H16N4S. The molecule has 1 aliphatic rings. The topological polar surface area (TPSA) is 55.0 Å². The third-order valence-corrected chi connectivity index (χ3v) is 3.42. The van der Waals surface area contributed by atoms with Crippen LogP contribution in [0.2, 0.25) is 0 Å². The minimum absolute atomic E-state index is 0.689. The fourth-order valence-electron chi connectivity index (χ4n) is 1.69. The van der Waals surface area contributed by atoms with Crippen molar-refractivity contribution in [1.82, 2.24) is 9.36 Å². The maximum Gasteiger partial charge on any atom is 0.205 e. The van der Waals surface area contributed by atoms with Crippen LogP contribution >= 0.6 is 11.5 Å². The zero-order chi connectivity index (χ0) is 9.80. The van der Waals surface area contributed by atoms with Gasteiger partial charge in [-0.15, -0.1) is 0 Å². The summed E-state index contributed by atoms with van der Waals surface area (Å²) in [5.74, 6) is 0. The Balaban J connectivity index is 1.98. The molecule has 0 spiro atoms. The van der Waals surface area contributed by atoms with Gasteiger partial charge in [-0.2, -0.15) is 4.37 Å². The van der Waals surface area contributed by atoms with E-state index in [1.807, 2.05) is 0 Å². The van der Waals surface area contributed by atoms with Gasteiger partial charge in [0.2, 0.25) is 5.13 Å². The quantitative estimate of drug-likeness (QED) is 0.798. The van der Waals surface area contributed by atoms with E-state index in [4.69, 9.17) is 5.73 Å². The highest BCUT2D eigenvalue weighted by Gasteiger charge is 2.26. The molecular weight excluding hydrogens is 196 g/mol. The predicted molar refractivity (Wildman–Crippen MR) is 58.6 cm³/mol. The molecule has 2 N–H and O–H groups in total. The second-order valence-electron chi connectivity index (χ2n) is 3.64. The molecule has 0 aromatic carbocycles. The molecule has 2 rings (SSSR count). The van der Waals surface area contributed by atoms with Gasteiger partial charge < -0.3 is 10.6 Å². The summed E-state index contributed by atoms with van der Waals surface area (Å²) in [7, 11) is 0. The molecule has 0 amide bonds. The largest absolute Gasteiger partial charge is 0.344 e. The summed E-state index contributed by atoms with van der Waals surface area (Å²) in [6.07, 6.45) is 6.61. The highest BCUT2D eigenvalue weighted by atomic mass is 32.1. The van der Waals surface area contributed by atoms with Crippen LogP contribution in [0.3, 0.4) is 0 Å². The normalized spacial score (nSPS) is 16.6. The van der Waals surface area contributed by atoms with E-state index >= 15 is 0 Å². The molecule has 0 aliphatic heterocycles. The molecule has 0 radical (unpaired) electrons. The average molecular weight is 212 g/mol. The maximum atomic E-state index is 5.53. The molecule has 0 bridgehead atoms. The second-order valence-corrected chi connectivity index (χ2v) is 4.40. The molecule has 14 heavy (non-hydrogen) atoms. The Bertz CT molecular complexity index is 258. The first-order valence-corrected chi connectivity index (χ1v) is 5.92. The van der Waals surface area contributed by atoms with Crippen molar-refractivity contribution in [1.29, 1.82) is 0 Å². The average Bonchev–Trinajstić information content (AvgIpc) is 2.61. The monoisotopic (exact) mass is 212 g/mol. The van der Waals surface area contributed by atoms with Gasteiger partial charge in [-0.05, 0) is 32.2 Å². The van der Waals surface area contributed by atoms with Crippen LogP contribution in [0.25, 0.3) is 0 Å². The minimum atomic E-state index is 0.689. The van der Waals surface area contributed by atoms with Crippen molar-refractivity contribution in [3.63, 3.8) is 0 Å². The smallest absolute Gasteiger partial charge is 0.205 e. The SMILES string of the molecule is NCCCN(c1ncns1)C1CCC1. The highest BCUT2D eigenvalue weighted by Crippen LogP contribution is 2.29. The number of hydrogen-bond donors (Lipinski definition) is 1. The van der Waals surface area contributed by atoms with Gasteiger partial charge in [0.25, 0.3) is 0 Å². The Morgan fingerprint density at radius 3 is 2.93 bits per heavy atom. The summed E-state index contributed by atoms with van der Waals surface area (Å²) < 4.78 is 4.05. The predicted octanol–water partition coefficient (Wildman–Crippen LogP) is 1.25. The van der Waals surface area contributed by atoms with Gasteiger partial charge in [0, 0.05) is 24.1 Å². The molecule has 1 heterocycles. The number of nitrogens with two attached hydrogens (primary N) is 1. The Morgan fingerprint density at radius 2 is 2.43 bits per heavy atom. The molecule has 0 atom stereocenters. The van der Waals surface area contributed by atoms with Crippen molar-refractivity contribution in [2.24, 2.45) is 5.73 Å². The molecule has 4 nitrogen and oxygen atoms in total. The van der Waals surface area contributed by atoms with E-state index in [9.17, 15) is 0 Å².